The Morgan fingerprint density at radius 3 is 2.67 bits per heavy atom. The van der Waals surface area contributed by atoms with E-state index in [1.807, 2.05) is 0 Å². The lowest BCUT2D eigenvalue weighted by molar-refractivity contribution is -0.144. The van der Waals surface area contributed by atoms with Crippen molar-refractivity contribution >= 4 is 11.8 Å². The number of primary amides is 1. The molecule has 1 fully saturated rings. The van der Waals surface area contributed by atoms with E-state index < -0.39 is 17.4 Å². The Morgan fingerprint density at radius 1 is 1.26 bits per heavy atom. The van der Waals surface area contributed by atoms with Gasteiger partial charge in [0.2, 0.25) is 5.60 Å². The van der Waals surface area contributed by atoms with Crippen LogP contribution in [-0.2, 0) is 10.4 Å². The summed E-state index contributed by atoms with van der Waals surface area (Å²) in [5, 5.41) is 14.5. The minimum Gasteiger partial charge on any atom is -0.453 e. The highest BCUT2D eigenvalue weighted by Crippen LogP contribution is 2.35. The summed E-state index contributed by atoms with van der Waals surface area (Å²) in [5.41, 5.74) is 4.42. The number of amides is 2. The average Bonchev–Trinajstić information content (AvgIpc) is 3.39. The molecule has 27 heavy (non-hydrogen) atoms. The fraction of sp³-hybridized carbons (Fsp3) is 0.222. The van der Waals surface area contributed by atoms with E-state index in [9.17, 15) is 14.7 Å². The standard InChI is InChI=1S/C18H16N4O5/c1-22-8-7-18(25,17(22)24)15-9-12(21-27-15)14-6-5-13(26-14)10-3-2-4-11(20-10)16(19)23/h2-6,9,25H,7-8H2,1H3,(H2,19,23)/t18-/m1/s1. The van der Waals surface area contributed by atoms with Crippen molar-refractivity contribution in [3.8, 4) is 22.9 Å². The van der Waals surface area contributed by atoms with Crippen molar-refractivity contribution in [3.63, 3.8) is 0 Å². The molecule has 1 saturated heterocycles. The molecule has 0 bridgehead atoms. The van der Waals surface area contributed by atoms with Crippen molar-refractivity contribution in [1.82, 2.24) is 15.0 Å². The molecule has 1 aliphatic rings. The number of pyridine rings is 1. The normalized spacial score (nSPS) is 19.6. The number of aliphatic hydroxyl groups is 1. The van der Waals surface area contributed by atoms with Crippen LogP contribution in [0.2, 0.25) is 0 Å². The number of nitrogens with zero attached hydrogens (tertiary/aromatic N) is 3. The topological polar surface area (TPSA) is 136 Å². The van der Waals surface area contributed by atoms with E-state index in [4.69, 9.17) is 14.7 Å². The second kappa shape index (κ2) is 6.06. The molecule has 1 atom stereocenters. The first-order valence-corrected chi connectivity index (χ1v) is 8.21. The lowest BCUT2D eigenvalue weighted by Gasteiger charge is -2.16. The van der Waals surface area contributed by atoms with Gasteiger partial charge < -0.3 is 24.7 Å². The first-order valence-electron chi connectivity index (χ1n) is 8.21. The van der Waals surface area contributed by atoms with Crippen molar-refractivity contribution in [2.24, 2.45) is 5.73 Å². The Bertz CT molecular complexity index is 1040. The molecule has 3 aromatic heterocycles. The molecule has 9 nitrogen and oxygen atoms in total. The van der Waals surface area contributed by atoms with Crippen LogP contribution < -0.4 is 5.73 Å². The number of hydrogen-bond donors (Lipinski definition) is 2. The van der Waals surface area contributed by atoms with E-state index in [0.29, 0.717) is 29.5 Å². The Kier molecular flexibility index (Phi) is 3.81. The molecule has 138 valence electrons. The third kappa shape index (κ3) is 2.77. The Hall–Kier alpha value is -3.46. The van der Waals surface area contributed by atoms with Crippen LogP contribution >= 0.6 is 0 Å². The zero-order valence-corrected chi connectivity index (χ0v) is 14.4. The van der Waals surface area contributed by atoms with Crippen LogP contribution in [0.25, 0.3) is 22.9 Å². The molecule has 0 saturated carbocycles. The third-order valence-electron chi connectivity index (χ3n) is 4.54. The van der Waals surface area contributed by atoms with Gasteiger partial charge >= 0.3 is 0 Å². The van der Waals surface area contributed by atoms with Gasteiger partial charge in [0.1, 0.15) is 17.1 Å². The van der Waals surface area contributed by atoms with E-state index in [1.54, 1.807) is 31.3 Å². The summed E-state index contributed by atoms with van der Waals surface area (Å²) in [6.45, 7) is 0.429. The molecule has 4 heterocycles. The summed E-state index contributed by atoms with van der Waals surface area (Å²) in [4.78, 5) is 29.0. The summed E-state index contributed by atoms with van der Waals surface area (Å²) < 4.78 is 10.9. The van der Waals surface area contributed by atoms with Gasteiger partial charge in [0.05, 0.1) is 0 Å². The van der Waals surface area contributed by atoms with Gasteiger partial charge in [0.25, 0.3) is 11.8 Å². The highest BCUT2D eigenvalue weighted by atomic mass is 16.5. The maximum absolute atomic E-state index is 12.2. The molecular weight excluding hydrogens is 352 g/mol. The van der Waals surface area contributed by atoms with Crippen molar-refractivity contribution in [2.75, 3.05) is 13.6 Å². The highest BCUT2D eigenvalue weighted by molar-refractivity contribution is 5.91. The van der Waals surface area contributed by atoms with Gasteiger partial charge in [0, 0.05) is 26.1 Å². The first kappa shape index (κ1) is 17.0. The molecule has 0 radical (unpaired) electrons. The number of hydrogen-bond acceptors (Lipinski definition) is 7. The Balaban J connectivity index is 1.63. The molecule has 4 rings (SSSR count). The number of likely N-dealkylation sites (N-methyl/N-ethyl adjacent to an activating group) is 1. The van der Waals surface area contributed by atoms with Gasteiger partial charge in [-0.2, -0.15) is 0 Å². The van der Waals surface area contributed by atoms with Crippen molar-refractivity contribution in [3.05, 3.63) is 47.9 Å². The minimum atomic E-state index is -1.72. The van der Waals surface area contributed by atoms with Crippen LogP contribution in [0.1, 0.15) is 22.7 Å². The number of carbonyl (C=O) groups excluding carboxylic acids is 2. The van der Waals surface area contributed by atoms with Crippen LogP contribution in [0, 0.1) is 0 Å². The molecule has 0 unspecified atom stereocenters. The van der Waals surface area contributed by atoms with Crippen LogP contribution in [0.5, 0.6) is 0 Å². The minimum absolute atomic E-state index is 0.0682. The number of aromatic nitrogens is 2. The van der Waals surface area contributed by atoms with Crippen LogP contribution in [-0.4, -0.2) is 45.6 Å². The van der Waals surface area contributed by atoms with Crippen molar-refractivity contribution < 1.29 is 23.6 Å². The van der Waals surface area contributed by atoms with E-state index in [2.05, 4.69) is 10.1 Å². The summed E-state index contributed by atoms with van der Waals surface area (Å²) >= 11 is 0. The monoisotopic (exact) mass is 368 g/mol. The zero-order valence-electron chi connectivity index (χ0n) is 14.4. The molecule has 0 spiro atoms. The lowest BCUT2D eigenvalue weighted by Crippen LogP contribution is -2.35. The highest BCUT2D eigenvalue weighted by Gasteiger charge is 2.48. The number of likely N-dealkylation sites (tertiary alicyclic amines) is 1. The van der Waals surface area contributed by atoms with Gasteiger partial charge in [-0.25, -0.2) is 4.98 Å². The Labute approximate surface area is 153 Å². The van der Waals surface area contributed by atoms with E-state index in [1.165, 1.54) is 17.0 Å². The predicted molar refractivity (Wildman–Crippen MR) is 92.1 cm³/mol. The molecule has 1 aliphatic heterocycles. The zero-order chi connectivity index (χ0) is 19.2. The SMILES string of the molecule is CN1CC[C@@](O)(c2cc(-c3ccc(-c4cccc(C(N)=O)n4)o3)no2)C1=O. The quantitative estimate of drug-likeness (QED) is 0.705. The van der Waals surface area contributed by atoms with Crippen molar-refractivity contribution in [2.45, 2.75) is 12.0 Å². The summed E-state index contributed by atoms with van der Waals surface area (Å²) in [6.07, 6.45) is 0.226. The summed E-state index contributed by atoms with van der Waals surface area (Å²) in [6, 6.07) is 9.64. The van der Waals surface area contributed by atoms with Crippen LogP contribution in [0.3, 0.4) is 0 Å². The van der Waals surface area contributed by atoms with Crippen LogP contribution in [0.4, 0.5) is 0 Å². The van der Waals surface area contributed by atoms with Gasteiger partial charge in [0.15, 0.2) is 17.3 Å². The average molecular weight is 368 g/mol. The summed E-state index contributed by atoms with van der Waals surface area (Å²) in [5.74, 6) is -0.220. The maximum atomic E-state index is 12.2. The second-order valence-corrected chi connectivity index (χ2v) is 6.35. The predicted octanol–water partition coefficient (Wildman–Crippen LogP) is 1.15. The molecule has 2 amide bonds. The van der Waals surface area contributed by atoms with Gasteiger partial charge in [-0.05, 0) is 24.3 Å². The van der Waals surface area contributed by atoms with Crippen LogP contribution in [0.15, 0.2) is 45.3 Å². The van der Waals surface area contributed by atoms with Gasteiger partial charge in [-0.1, -0.05) is 11.2 Å². The Morgan fingerprint density at radius 2 is 2.00 bits per heavy atom. The van der Waals surface area contributed by atoms with Crippen molar-refractivity contribution in [1.29, 1.82) is 0 Å². The number of carbonyl (C=O) groups is 2. The fourth-order valence-corrected chi connectivity index (χ4v) is 2.99. The molecular formula is C18H16N4O5. The van der Waals surface area contributed by atoms with E-state index >= 15 is 0 Å². The van der Waals surface area contributed by atoms with Gasteiger partial charge in [-0.3, -0.25) is 9.59 Å². The molecule has 0 aliphatic carbocycles. The maximum Gasteiger partial charge on any atom is 0.267 e. The fourth-order valence-electron chi connectivity index (χ4n) is 2.99. The second-order valence-electron chi connectivity index (χ2n) is 6.35. The molecule has 0 aromatic carbocycles. The smallest absolute Gasteiger partial charge is 0.267 e. The molecule has 3 N–H and O–H groups in total. The first-order chi connectivity index (χ1) is 12.9. The van der Waals surface area contributed by atoms with E-state index in [-0.39, 0.29) is 17.9 Å². The largest absolute Gasteiger partial charge is 0.453 e. The number of rotatable bonds is 4. The number of nitrogens with two attached hydrogens (primary N) is 1. The molecule has 3 aromatic rings. The molecule has 9 heteroatoms. The third-order valence-corrected chi connectivity index (χ3v) is 4.54. The number of furan rings is 1. The summed E-state index contributed by atoms with van der Waals surface area (Å²) in [7, 11) is 1.61. The van der Waals surface area contributed by atoms with E-state index in [0.717, 1.165) is 0 Å². The lowest BCUT2D eigenvalue weighted by atomic mass is 9.99. The van der Waals surface area contributed by atoms with Gasteiger partial charge in [-0.15, -0.1) is 0 Å².